The van der Waals surface area contributed by atoms with Crippen LogP contribution in [0.15, 0.2) is 29.4 Å². The van der Waals surface area contributed by atoms with E-state index in [0.29, 0.717) is 11.4 Å². The molecule has 1 heterocycles. The number of halogens is 1. The number of fused-ring (bicyclic) bond motifs is 1. The van der Waals surface area contributed by atoms with E-state index in [0.717, 1.165) is 24.1 Å². The average molecular weight is 322 g/mol. The van der Waals surface area contributed by atoms with Crippen LogP contribution in [-0.4, -0.2) is 17.3 Å². The summed E-state index contributed by atoms with van der Waals surface area (Å²) in [5.41, 5.74) is 0.999. The number of hydrogen-bond acceptors (Lipinski definition) is 4. The van der Waals surface area contributed by atoms with Crippen LogP contribution in [0.1, 0.15) is 38.7 Å². The van der Waals surface area contributed by atoms with Crippen LogP contribution in [0.25, 0.3) is 0 Å². The number of oxime groups is 1. The second kappa shape index (κ2) is 5.92. The van der Waals surface area contributed by atoms with Crippen molar-refractivity contribution >= 4 is 23.3 Å². The van der Waals surface area contributed by atoms with Crippen molar-refractivity contribution in [2.24, 2.45) is 17.0 Å². The van der Waals surface area contributed by atoms with Crippen molar-refractivity contribution in [2.75, 3.05) is 0 Å². The van der Waals surface area contributed by atoms with Gasteiger partial charge >= 0.3 is 5.97 Å². The largest absolute Gasteiger partial charge is 0.458 e. The predicted molar refractivity (Wildman–Crippen MR) is 84.7 cm³/mol. The Morgan fingerprint density at radius 1 is 1.45 bits per heavy atom. The van der Waals surface area contributed by atoms with Gasteiger partial charge in [0, 0.05) is 11.4 Å². The summed E-state index contributed by atoms with van der Waals surface area (Å²) < 4.78 is 5.50. The van der Waals surface area contributed by atoms with Crippen LogP contribution in [-0.2, 0) is 21.0 Å². The second-order valence-electron chi connectivity index (χ2n) is 6.30. The van der Waals surface area contributed by atoms with Crippen LogP contribution >= 0.6 is 11.6 Å². The van der Waals surface area contributed by atoms with Crippen molar-refractivity contribution < 1.29 is 14.4 Å². The minimum Gasteiger partial charge on any atom is -0.458 e. The zero-order valence-electron chi connectivity index (χ0n) is 12.8. The van der Waals surface area contributed by atoms with Crippen LogP contribution in [0.3, 0.4) is 0 Å². The van der Waals surface area contributed by atoms with Gasteiger partial charge in [-0.1, -0.05) is 42.7 Å². The van der Waals surface area contributed by atoms with Gasteiger partial charge in [0.25, 0.3) is 0 Å². The van der Waals surface area contributed by atoms with Crippen molar-refractivity contribution in [1.82, 2.24) is 0 Å². The standard InChI is InChI=1S/C17H20ClNO3/c1-11(2)15-14-4-3-9-17(14,22-19-15)16(20)21-10-12-5-7-13(18)8-6-12/h5-8,11,14H,3-4,9-10H2,1-2H3. The fraction of sp³-hybridized carbons (Fsp3) is 0.529. The Morgan fingerprint density at radius 3 is 2.86 bits per heavy atom. The molecule has 0 radical (unpaired) electrons. The molecule has 22 heavy (non-hydrogen) atoms. The molecule has 118 valence electrons. The van der Waals surface area contributed by atoms with E-state index in [1.54, 1.807) is 12.1 Å². The third-order valence-electron chi connectivity index (χ3n) is 4.50. The Morgan fingerprint density at radius 2 is 2.18 bits per heavy atom. The Kier molecular flexibility index (Phi) is 4.13. The molecule has 3 rings (SSSR count). The summed E-state index contributed by atoms with van der Waals surface area (Å²) >= 11 is 5.85. The highest BCUT2D eigenvalue weighted by atomic mass is 35.5. The minimum atomic E-state index is -0.897. The van der Waals surface area contributed by atoms with E-state index < -0.39 is 5.60 Å². The molecule has 0 aromatic heterocycles. The number of ether oxygens (including phenoxy) is 1. The van der Waals surface area contributed by atoms with Crippen LogP contribution in [0.4, 0.5) is 0 Å². The van der Waals surface area contributed by atoms with Gasteiger partial charge in [0.15, 0.2) is 0 Å². The van der Waals surface area contributed by atoms with E-state index in [1.165, 1.54) is 0 Å². The van der Waals surface area contributed by atoms with Gasteiger partial charge in [-0.25, -0.2) is 4.79 Å². The summed E-state index contributed by atoms with van der Waals surface area (Å²) in [6, 6.07) is 7.27. The first kappa shape index (κ1) is 15.3. The van der Waals surface area contributed by atoms with Crippen molar-refractivity contribution in [2.45, 2.75) is 45.3 Å². The van der Waals surface area contributed by atoms with Crippen molar-refractivity contribution in [3.05, 3.63) is 34.9 Å². The minimum absolute atomic E-state index is 0.0604. The van der Waals surface area contributed by atoms with E-state index in [1.807, 2.05) is 12.1 Å². The van der Waals surface area contributed by atoms with Crippen LogP contribution in [0, 0.1) is 11.8 Å². The van der Waals surface area contributed by atoms with Crippen molar-refractivity contribution in [3.63, 3.8) is 0 Å². The Hall–Kier alpha value is -1.55. The normalized spacial score (nSPS) is 26.5. The lowest BCUT2D eigenvalue weighted by molar-refractivity contribution is -0.173. The molecule has 1 aromatic carbocycles. The highest BCUT2D eigenvalue weighted by Crippen LogP contribution is 2.46. The number of rotatable bonds is 4. The van der Waals surface area contributed by atoms with Gasteiger partial charge < -0.3 is 9.57 Å². The van der Waals surface area contributed by atoms with Crippen molar-refractivity contribution in [3.8, 4) is 0 Å². The zero-order valence-corrected chi connectivity index (χ0v) is 13.6. The molecule has 1 aliphatic heterocycles. The van der Waals surface area contributed by atoms with Crippen LogP contribution in [0.2, 0.25) is 5.02 Å². The lowest BCUT2D eigenvalue weighted by Gasteiger charge is -2.25. The molecule has 1 aromatic rings. The van der Waals surface area contributed by atoms with E-state index in [-0.39, 0.29) is 24.4 Å². The van der Waals surface area contributed by atoms with Gasteiger partial charge in [0.05, 0.1) is 11.6 Å². The Bertz CT molecular complexity index is 596. The van der Waals surface area contributed by atoms with Gasteiger partial charge in [-0.15, -0.1) is 0 Å². The summed E-state index contributed by atoms with van der Waals surface area (Å²) in [7, 11) is 0. The van der Waals surface area contributed by atoms with Crippen molar-refractivity contribution in [1.29, 1.82) is 0 Å². The quantitative estimate of drug-likeness (QED) is 0.788. The monoisotopic (exact) mass is 321 g/mol. The molecule has 5 heteroatoms. The molecule has 2 aliphatic rings. The molecule has 4 nitrogen and oxygen atoms in total. The lowest BCUT2D eigenvalue weighted by atomic mass is 9.83. The molecule has 1 aliphatic carbocycles. The van der Waals surface area contributed by atoms with Gasteiger partial charge in [0.2, 0.25) is 5.60 Å². The molecule has 2 unspecified atom stereocenters. The molecule has 0 N–H and O–H groups in total. The fourth-order valence-electron chi connectivity index (χ4n) is 3.31. The topological polar surface area (TPSA) is 47.9 Å². The molecule has 0 saturated heterocycles. The molecule has 0 spiro atoms. The highest BCUT2D eigenvalue weighted by molar-refractivity contribution is 6.30. The number of benzene rings is 1. The maximum absolute atomic E-state index is 12.6. The predicted octanol–water partition coefficient (Wildman–Crippen LogP) is 3.96. The maximum atomic E-state index is 12.6. The average Bonchev–Trinajstić information content (AvgIpc) is 3.05. The maximum Gasteiger partial charge on any atom is 0.354 e. The second-order valence-corrected chi connectivity index (χ2v) is 6.74. The van der Waals surface area contributed by atoms with Gasteiger partial charge in [-0.05, 0) is 36.5 Å². The first-order valence-corrected chi connectivity index (χ1v) is 8.08. The third kappa shape index (κ3) is 2.60. The molecule has 0 bridgehead atoms. The molecule has 0 amide bonds. The molecule has 1 saturated carbocycles. The first-order valence-electron chi connectivity index (χ1n) is 7.70. The number of esters is 1. The summed E-state index contributed by atoms with van der Waals surface area (Å²) in [5.74, 6) is 0.0450. The van der Waals surface area contributed by atoms with Gasteiger partial charge in [0.1, 0.15) is 6.61 Å². The van der Waals surface area contributed by atoms with Crippen LogP contribution < -0.4 is 0 Å². The summed E-state index contributed by atoms with van der Waals surface area (Å²) in [4.78, 5) is 18.2. The Labute approximate surface area is 135 Å². The van der Waals surface area contributed by atoms with Crippen LogP contribution in [0.5, 0.6) is 0 Å². The SMILES string of the molecule is CC(C)C1=NOC2(C(=O)OCc3ccc(Cl)cc3)CCCC12. The summed E-state index contributed by atoms with van der Waals surface area (Å²) in [5, 5.41) is 4.84. The zero-order chi connectivity index (χ0) is 15.7. The number of carbonyl (C=O) groups is 1. The smallest absolute Gasteiger partial charge is 0.354 e. The molecule has 1 fully saturated rings. The Balaban J connectivity index is 1.68. The van der Waals surface area contributed by atoms with Gasteiger partial charge in [-0.3, -0.25) is 0 Å². The third-order valence-corrected chi connectivity index (χ3v) is 4.75. The number of nitrogens with zero attached hydrogens (tertiary/aromatic N) is 1. The molecular formula is C17H20ClNO3. The lowest BCUT2D eigenvalue weighted by Crippen LogP contribution is -2.44. The molecule has 2 atom stereocenters. The molecular weight excluding hydrogens is 302 g/mol. The first-order chi connectivity index (χ1) is 10.5. The van der Waals surface area contributed by atoms with E-state index in [2.05, 4.69) is 19.0 Å². The number of carbonyl (C=O) groups excluding carboxylic acids is 1. The highest BCUT2D eigenvalue weighted by Gasteiger charge is 2.59. The summed E-state index contributed by atoms with van der Waals surface area (Å²) in [6.07, 6.45) is 2.58. The van der Waals surface area contributed by atoms with E-state index in [9.17, 15) is 4.79 Å². The number of hydrogen-bond donors (Lipinski definition) is 0. The summed E-state index contributed by atoms with van der Waals surface area (Å²) in [6.45, 7) is 4.39. The van der Waals surface area contributed by atoms with Gasteiger partial charge in [-0.2, -0.15) is 0 Å². The van der Waals surface area contributed by atoms with E-state index in [4.69, 9.17) is 21.2 Å². The van der Waals surface area contributed by atoms with E-state index >= 15 is 0 Å². The fourth-order valence-corrected chi connectivity index (χ4v) is 3.44.